The van der Waals surface area contributed by atoms with Gasteiger partial charge < -0.3 is 10.1 Å². The minimum Gasteiger partial charge on any atom is -0.684 e. The number of rotatable bonds is 4. The molecular formula is C18H16Cl3KN2O. The van der Waals surface area contributed by atoms with Gasteiger partial charge >= 0.3 is 51.4 Å². The number of hydrogen-bond acceptors (Lipinski definition) is 2. The largest absolute Gasteiger partial charge is 1.00 e. The molecule has 7 heteroatoms. The summed E-state index contributed by atoms with van der Waals surface area (Å²) in [6.07, 6.45) is 4.47. The van der Waals surface area contributed by atoms with Crippen LogP contribution in [0.3, 0.4) is 0 Å². The van der Waals surface area contributed by atoms with Crippen LogP contribution in [0.2, 0.25) is 15.2 Å². The number of hydrogen-bond donors (Lipinski definition) is 0. The Morgan fingerprint density at radius 1 is 1.04 bits per heavy atom. The van der Waals surface area contributed by atoms with E-state index in [9.17, 15) is 0 Å². The molecule has 126 valence electrons. The van der Waals surface area contributed by atoms with Gasteiger partial charge in [0.2, 0.25) is 0 Å². The van der Waals surface area contributed by atoms with E-state index in [1.165, 1.54) is 5.56 Å². The molecule has 1 aromatic heterocycles. The SMILES string of the molecule is Clc1cc(C2C3CCC(O3)[C@@H]2C[N-]c2ccc(Cl)c(Cl)c2)ccn1.[K+]. The van der Waals surface area contributed by atoms with Crippen LogP contribution in [0.1, 0.15) is 24.3 Å². The average Bonchev–Trinajstić information content (AvgIpc) is 3.17. The van der Waals surface area contributed by atoms with Crippen LogP contribution < -0.4 is 51.4 Å². The van der Waals surface area contributed by atoms with Crippen LogP contribution in [0.5, 0.6) is 0 Å². The van der Waals surface area contributed by atoms with Gasteiger partial charge in [-0.3, -0.25) is 0 Å². The van der Waals surface area contributed by atoms with Crippen LogP contribution in [0.4, 0.5) is 5.69 Å². The second-order valence-corrected chi connectivity index (χ2v) is 7.53. The Kier molecular flexibility index (Phi) is 7.14. The molecule has 0 saturated carbocycles. The van der Waals surface area contributed by atoms with Crippen molar-refractivity contribution in [2.75, 3.05) is 6.54 Å². The predicted octanol–water partition coefficient (Wildman–Crippen LogP) is 3.01. The van der Waals surface area contributed by atoms with Crippen molar-refractivity contribution in [2.45, 2.75) is 31.0 Å². The van der Waals surface area contributed by atoms with Gasteiger partial charge in [-0.15, -0.1) is 12.2 Å². The summed E-state index contributed by atoms with van der Waals surface area (Å²) in [6, 6.07) is 9.45. The van der Waals surface area contributed by atoms with Crippen molar-refractivity contribution in [3.8, 4) is 0 Å². The van der Waals surface area contributed by atoms with E-state index in [0.29, 0.717) is 33.6 Å². The van der Waals surface area contributed by atoms with Gasteiger partial charge in [-0.25, -0.2) is 4.98 Å². The minimum atomic E-state index is 0. The summed E-state index contributed by atoms with van der Waals surface area (Å²) < 4.78 is 6.15. The minimum absolute atomic E-state index is 0. The van der Waals surface area contributed by atoms with Crippen LogP contribution >= 0.6 is 34.8 Å². The van der Waals surface area contributed by atoms with E-state index in [-0.39, 0.29) is 63.6 Å². The molecule has 1 aromatic carbocycles. The maximum Gasteiger partial charge on any atom is 1.00 e. The van der Waals surface area contributed by atoms with Crippen LogP contribution in [0.15, 0.2) is 36.5 Å². The molecule has 2 aliphatic heterocycles. The molecule has 0 aliphatic carbocycles. The third-order valence-corrected chi connectivity index (χ3v) is 5.89. The molecule has 0 radical (unpaired) electrons. The van der Waals surface area contributed by atoms with E-state index in [1.54, 1.807) is 18.3 Å². The normalized spacial score (nSPS) is 27.2. The van der Waals surface area contributed by atoms with Gasteiger partial charge in [0.15, 0.2) is 0 Å². The zero-order chi connectivity index (χ0) is 16.7. The average molecular weight is 422 g/mol. The van der Waals surface area contributed by atoms with E-state index in [2.05, 4.69) is 4.98 Å². The molecule has 0 amide bonds. The van der Waals surface area contributed by atoms with Gasteiger partial charge in [0, 0.05) is 12.1 Å². The molecule has 3 nitrogen and oxygen atoms in total. The van der Waals surface area contributed by atoms with Gasteiger partial charge in [0.05, 0.1) is 22.3 Å². The van der Waals surface area contributed by atoms with Crippen molar-refractivity contribution < 1.29 is 56.1 Å². The first-order valence-corrected chi connectivity index (χ1v) is 9.14. The molecule has 2 bridgehead atoms. The summed E-state index contributed by atoms with van der Waals surface area (Å²) in [5.41, 5.74) is 2.04. The Morgan fingerprint density at radius 2 is 1.84 bits per heavy atom. The number of aromatic nitrogens is 1. The Hall–Kier alpha value is 0.636. The molecule has 25 heavy (non-hydrogen) atoms. The maximum atomic E-state index is 6.15. The van der Waals surface area contributed by atoms with E-state index in [1.807, 2.05) is 18.2 Å². The molecule has 2 saturated heterocycles. The molecule has 0 spiro atoms. The Balaban J connectivity index is 0.00000182. The van der Waals surface area contributed by atoms with Gasteiger partial charge in [-0.05, 0) is 42.5 Å². The summed E-state index contributed by atoms with van der Waals surface area (Å²) >= 11 is 18.1. The Morgan fingerprint density at radius 3 is 2.60 bits per heavy atom. The molecule has 4 atom stereocenters. The standard InChI is InChI=1S/C18H16Cl3N2O.K/c19-13-2-1-11(8-14(13)20)23-9-12-15-3-4-16(24-15)18(12)10-5-6-22-17(21)7-10;/h1-2,5-8,12,15-16,18H,3-4,9H2;/q-1;+1/t12-,15?,16?,18?;/m0./s1. The third-order valence-electron chi connectivity index (χ3n) is 4.95. The summed E-state index contributed by atoms with van der Waals surface area (Å²) in [5, 5.41) is 6.33. The van der Waals surface area contributed by atoms with Crippen molar-refractivity contribution in [3.63, 3.8) is 0 Å². The zero-order valence-electron chi connectivity index (χ0n) is 13.8. The monoisotopic (exact) mass is 420 g/mol. The Bertz CT molecular complexity index is 761. The van der Waals surface area contributed by atoms with Crippen LogP contribution in [0, 0.1) is 5.92 Å². The van der Waals surface area contributed by atoms with E-state index in [0.717, 1.165) is 18.5 Å². The molecule has 4 rings (SSSR count). The van der Waals surface area contributed by atoms with Gasteiger partial charge in [0.1, 0.15) is 5.15 Å². The maximum absolute atomic E-state index is 6.15. The third kappa shape index (κ3) is 4.39. The molecular weight excluding hydrogens is 406 g/mol. The van der Waals surface area contributed by atoms with E-state index >= 15 is 0 Å². The van der Waals surface area contributed by atoms with Crippen LogP contribution in [-0.2, 0) is 4.74 Å². The quantitative estimate of drug-likeness (QED) is 0.562. The second kappa shape index (κ2) is 8.76. The first-order valence-electron chi connectivity index (χ1n) is 8.01. The number of fused-ring (bicyclic) bond motifs is 2. The second-order valence-electron chi connectivity index (χ2n) is 6.33. The summed E-state index contributed by atoms with van der Waals surface area (Å²) in [6.45, 7) is 0.698. The fourth-order valence-corrected chi connectivity index (χ4v) is 4.36. The van der Waals surface area contributed by atoms with E-state index < -0.39 is 0 Å². The first kappa shape index (κ1) is 20.4. The van der Waals surface area contributed by atoms with Gasteiger partial charge in [-0.2, -0.15) is 0 Å². The topological polar surface area (TPSA) is 36.2 Å². The van der Waals surface area contributed by atoms with Gasteiger partial charge in [0.25, 0.3) is 0 Å². The van der Waals surface area contributed by atoms with Crippen molar-refractivity contribution >= 4 is 40.5 Å². The number of ether oxygens (including phenoxy) is 1. The molecule has 2 fully saturated rings. The number of benzene rings is 1. The molecule has 0 N–H and O–H groups in total. The molecule has 2 aromatic rings. The van der Waals surface area contributed by atoms with Gasteiger partial charge in [-0.1, -0.05) is 46.9 Å². The predicted molar refractivity (Wildman–Crippen MR) is 97.7 cm³/mol. The molecule has 3 heterocycles. The van der Waals surface area contributed by atoms with Crippen molar-refractivity contribution in [2.24, 2.45) is 5.92 Å². The Labute approximate surface area is 205 Å². The molecule has 2 aliphatic rings. The number of halogens is 3. The summed E-state index contributed by atoms with van der Waals surface area (Å²) in [5.74, 6) is 0.660. The smallest absolute Gasteiger partial charge is 0.684 e. The number of pyridine rings is 1. The van der Waals surface area contributed by atoms with E-state index in [4.69, 9.17) is 44.9 Å². The number of nitrogens with zero attached hydrogens (tertiary/aromatic N) is 2. The van der Waals surface area contributed by atoms with Crippen LogP contribution in [0.25, 0.3) is 5.32 Å². The fraction of sp³-hybridized carbons (Fsp3) is 0.389. The van der Waals surface area contributed by atoms with Crippen molar-refractivity contribution in [1.82, 2.24) is 4.98 Å². The summed E-state index contributed by atoms with van der Waals surface area (Å²) in [4.78, 5) is 4.08. The van der Waals surface area contributed by atoms with Crippen molar-refractivity contribution in [1.29, 1.82) is 0 Å². The van der Waals surface area contributed by atoms with Crippen LogP contribution in [-0.4, -0.2) is 23.7 Å². The van der Waals surface area contributed by atoms with Crippen molar-refractivity contribution in [3.05, 3.63) is 62.6 Å². The fourth-order valence-electron chi connectivity index (χ4n) is 3.89. The zero-order valence-corrected chi connectivity index (χ0v) is 19.2. The molecule has 3 unspecified atom stereocenters. The first-order chi connectivity index (χ1) is 11.6. The summed E-state index contributed by atoms with van der Waals surface area (Å²) in [7, 11) is 0.